The van der Waals surface area contributed by atoms with Crippen LogP contribution < -0.4 is 5.32 Å². The van der Waals surface area contributed by atoms with Gasteiger partial charge in [-0.1, -0.05) is 32.0 Å². The second-order valence-electron chi connectivity index (χ2n) is 8.14. The molecular weight excluding hydrogens is 390 g/mol. The number of anilines is 1. The zero-order valence-corrected chi connectivity index (χ0v) is 17.5. The summed E-state index contributed by atoms with van der Waals surface area (Å²) in [5.74, 6) is -0.848. The summed E-state index contributed by atoms with van der Waals surface area (Å²) in [6.07, 6.45) is 0. The highest BCUT2D eigenvalue weighted by molar-refractivity contribution is 5.89. The highest BCUT2D eigenvalue weighted by atomic mass is 19.2. The van der Waals surface area contributed by atoms with Crippen molar-refractivity contribution < 1.29 is 18.1 Å². The van der Waals surface area contributed by atoms with E-state index < -0.39 is 17.7 Å². The van der Waals surface area contributed by atoms with Crippen LogP contribution in [-0.2, 0) is 5.41 Å². The molecule has 1 unspecified atom stereocenters. The molecule has 1 heterocycles. The molecule has 158 valence electrons. The lowest BCUT2D eigenvalue weighted by Crippen LogP contribution is -2.33. The Morgan fingerprint density at radius 3 is 2.33 bits per heavy atom. The minimum Gasteiger partial charge on any atom is -0.338 e. The normalized spacial score (nSPS) is 12.5. The van der Waals surface area contributed by atoms with E-state index in [4.69, 9.17) is 4.52 Å². The van der Waals surface area contributed by atoms with Crippen molar-refractivity contribution in [3.05, 3.63) is 65.6 Å². The Kier molecular flexibility index (Phi) is 5.87. The van der Waals surface area contributed by atoms with Crippen molar-refractivity contribution in [1.29, 1.82) is 0 Å². The van der Waals surface area contributed by atoms with Gasteiger partial charge in [0.1, 0.15) is 0 Å². The van der Waals surface area contributed by atoms with Crippen LogP contribution in [0.25, 0.3) is 11.4 Å². The Morgan fingerprint density at radius 2 is 1.77 bits per heavy atom. The molecule has 6 nitrogen and oxygen atoms in total. The SMILES string of the molecule is CC(c1ccc(F)c(F)c1)N(C)C(=O)Nc1ccc(-c2noc(C(C)(C)C)n2)cc1. The van der Waals surface area contributed by atoms with Gasteiger partial charge in [0.2, 0.25) is 11.7 Å². The van der Waals surface area contributed by atoms with Crippen molar-refractivity contribution in [1.82, 2.24) is 15.0 Å². The number of amides is 2. The Balaban J connectivity index is 1.67. The Hall–Kier alpha value is -3.29. The van der Waals surface area contributed by atoms with Crippen molar-refractivity contribution in [3.8, 4) is 11.4 Å². The number of hydrogen-bond acceptors (Lipinski definition) is 4. The van der Waals surface area contributed by atoms with Gasteiger partial charge in [-0.3, -0.25) is 0 Å². The van der Waals surface area contributed by atoms with Crippen molar-refractivity contribution in [2.75, 3.05) is 12.4 Å². The number of benzene rings is 2. The van der Waals surface area contributed by atoms with Crippen LogP contribution in [0.2, 0.25) is 0 Å². The van der Waals surface area contributed by atoms with E-state index in [1.54, 1.807) is 38.2 Å². The minimum atomic E-state index is -0.945. The number of rotatable bonds is 4. The van der Waals surface area contributed by atoms with Crippen LogP contribution in [0.5, 0.6) is 0 Å². The molecule has 0 fully saturated rings. The first-order valence-electron chi connectivity index (χ1n) is 9.49. The number of nitrogens with zero attached hydrogens (tertiary/aromatic N) is 3. The quantitative estimate of drug-likeness (QED) is 0.609. The van der Waals surface area contributed by atoms with Gasteiger partial charge in [-0.05, 0) is 48.9 Å². The minimum absolute atomic E-state index is 0.242. The standard InChI is InChI=1S/C22H24F2N4O2/c1-13(15-8-11-17(23)18(24)12-15)28(5)21(29)25-16-9-6-14(7-10-16)19-26-20(30-27-19)22(2,3)4/h6-13H,1-5H3,(H,25,29). The van der Waals surface area contributed by atoms with Gasteiger partial charge in [0.15, 0.2) is 11.6 Å². The van der Waals surface area contributed by atoms with Crippen molar-refractivity contribution in [3.63, 3.8) is 0 Å². The Bertz CT molecular complexity index is 1040. The van der Waals surface area contributed by atoms with Crippen molar-refractivity contribution in [2.24, 2.45) is 0 Å². The van der Waals surface area contributed by atoms with Crippen molar-refractivity contribution >= 4 is 11.7 Å². The van der Waals surface area contributed by atoms with Gasteiger partial charge in [-0.15, -0.1) is 0 Å². The fourth-order valence-electron chi connectivity index (χ4n) is 2.73. The maximum atomic E-state index is 13.5. The molecule has 0 aliphatic rings. The molecule has 3 rings (SSSR count). The van der Waals surface area contributed by atoms with Crippen LogP contribution in [0.1, 0.15) is 45.2 Å². The van der Waals surface area contributed by atoms with Gasteiger partial charge < -0.3 is 14.7 Å². The first-order chi connectivity index (χ1) is 14.1. The van der Waals surface area contributed by atoms with E-state index in [0.29, 0.717) is 23.0 Å². The molecule has 0 spiro atoms. The molecule has 1 N–H and O–H groups in total. The smallest absolute Gasteiger partial charge is 0.322 e. The number of aromatic nitrogens is 2. The number of carbonyl (C=O) groups excluding carboxylic acids is 1. The highest BCUT2D eigenvalue weighted by Crippen LogP contribution is 2.25. The molecule has 0 saturated carbocycles. The highest BCUT2D eigenvalue weighted by Gasteiger charge is 2.22. The average molecular weight is 414 g/mol. The lowest BCUT2D eigenvalue weighted by Gasteiger charge is -2.25. The number of hydrogen-bond donors (Lipinski definition) is 1. The van der Waals surface area contributed by atoms with Gasteiger partial charge in [-0.25, -0.2) is 13.6 Å². The van der Waals surface area contributed by atoms with E-state index in [9.17, 15) is 13.6 Å². The number of nitrogens with one attached hydrogen (secondary N) is 1. The van der Waals surface area contributed by atoms with Gasteiger partial charge >= 0.3 is 6.03 Å². The second kappa shape index (κ2) is 8.22. The average Bonchev–Trinajstić information content (AvgIpc) is 3.20. The number of halogens is 2. The van der Waals surface area contributed by atoms with Crippen LogP contribution >= 0.6 is 0 Å². The molecule has 8 heteroatoms. The zero-order valence-electron chi connectivity index (χ0n) is 17.5. The van der Waals surface area contributed by atoms with Crippen LogP contribution in [-0.4, -0.2) is 28.1 Å². The van der Waals surface area contributed by atoms with Crippen LogP contribution in [0, 0.1) is 11.6 Å². The molecule has 30 heavy (non-hydrogen) atoms. The summed E-state index contributed by atoms with van der Waals surface area (Å²) >= 11 is 0. The maximum absolute atomic E-state index is 13.5. The fraction of sp³-hybridized carbons (Fsp3) is 0.318. The van der Waals surface area contributed by atoms with Crippen LogP contribution in [0.15, 0.2) is 47.0 Å². The number of carbonyl (C=O) groups is 1. The second-order valence-corrected chi connectivity index (χ2v) is 8.14. The molecule has 0 radical (unpaired) electrons. The molecule has 0 aliphatic heterocycles. The van der Waals surface area contributed by atoms with E-state index in [1.165, 1.54) is 11.0 Å². The summed E-state index contributed by atoms with van der Waals surface area (Å²) in [6, 6.07) is 9.80. The molecular formula is C22H24F2N4O2. The third kappa shape index (κ3) is 4.64. The first kappa shape index (κ1) is 21.4. The predicted molar refractivity (Wildman–Crippen MR) is 110 cm³/mol. The van der Waals surface area contributed by atoms with Gasteiger partial charge in [0, 0.05) is 23.7 Å². The van der Waals surface area contributed by atoms with Crippen molar-refractivity contribution in [2.45, 2.75) is 39.2 Å². The van der Waals surface area contributed by atoms with Gasteiger partial charge in [0.05, 0.1) is 6.04 Å². The Labute approximate surface area is 173 Å². The van der Waals surface area contributed by atoms with E-state index in [-0.39, 0.29) is 11.4 Å². The molecule has 2 aromatic carbocycles. The molecule has 1 atom stereocenters. The lowest BCUT2D eigenvalue weighted by molar-refractivity contribution is 0.208. The maximum Gasteiger partial charge on any atom is 0.322 e. The van der Waals surface area contributed by atoms with E-state index >= 15 is 0 Å². The fourth-order valence-corrected chi connectivity index (χ4v) is 2.73. The van der Waals surface area contributed by atoms with Gasteiger partial charge in [-0.2, -0.15) is 4.98 Å². The zero-order chi connectivity index (χ0) is 22.1. The molecule has 3 aromatic rings. The van der Waals surface area contributed by atoms with E-state index in [0.717, 1.165) is 17.7 Å². The monoisotopic (exact) mass is 414 g/mol. The van der Waals surface area contributed by atoms with Crippen LogP contribution in [0.3, 0.4) is 0 Å². The molecule has 1 aromatic heterocycles. The van der Waals surface area contributed by atoms with E-state index in [1.807, 2.05) is 20.8 Å². The Morgan fingerprint density at radius 1 is 1.10 bits per heavy atom. The third-order valence-electron chi connectivity index (χ3n) is 4.79. The van der Waals surface area contributed by atoms with Crippen LogP contribution in [0.4, 0.5) is 19.3 Å². The number of urea groups is 1. The summed E-state index contributed by atoms with van der Waals surface area (Å²) < 4.78 is 31.9. The summed E-state index contributed by atoms with van der Waals surface area (Å²) in [5, 5.41) is 6.78. The lowest BCUT2D eigenvalue weighted by atomic mass is 9.97. The van der Waals surface area contributed by atoms with Gasteiger partial charge in [0.25, 0.3) is 0 Å². The first-order valence-corrected chi connectivity index (χ1v) is 9.49. The third-order valence-corrected chi connectivity index (χ3v) is 4.79. The largest absolute Gasteiger partial charge is 0.338 e. The summed E-state index contributed by atoms with van der Waals surface area (Å²) in [6.45, 7) is 7.70. The molecule has 0 bridgehead atoms. The predicted octanol–water partition coefficient (Wildman–Crippen LogP) is 5.54. The summed E-state index contributed by atoms with van der Waals surface area (Å²) in [4.78, 5) is 18.4. The summed E-state index contributed by atoms with van der Waals surface area (Å²) in [5.41, 5.74) is 1.59. The van der Waals surface area contributed by atoms with E-state index in [2.05, 4.69) is 15.5 Å². The summed E-state index contributed by atoms with van der Waals surface area (Å²) in [7, 11) is 1.59. The molecule has 0 saturated heterocycles. The molecule has 0 aliphatic carbocycles. The molecule has 2 amide bonds. The topological polar surface area (TPSA) is 71.3 Å².